The van der Waals surface area contributed by atoms with Crippen LogP contribution in [0.4, 0.5) is 5.69 Å². The summed E-state index contributed by atoms with van der Waals surface area (Å²) in [6, 6.07) is 13.2. The van der Waals surface area contributed by atoms with E-state index < -0.39 is 0 Å². The molecule has 2 heterocycles. The largest absolute Gasteiger partial charge is 0.382 e. The first-order valence-electron chi connectivity index (χ1n) is 9.17. The summed E-state index contributed by atoms with van der Waals surface area (Å²) >= 11 is 1.37. The molecule has 7 nitrogen and oxygen atoms in total. The Kier molecular flexibility index (Phi) is 7.57. The summed E-state index contributed by atoms with van der Waals surface area (Å²) in [6.45, 7) is 4.06. The number of thioether (sulfide) groups is 1. The zero-order valence-electron chi connectivity index (χ0n) is 15.7. The van der Waals surface area contributed by atoms with Crippen molar-refractivity contribution in [3.63, 3.8) is 0 Å². The average molecular weight is 398 g/mol. The lowest BCUT2D eigenvalue weighted by Gasteiger charge is -2.10. The topological polar surface area (TPSA) is 81.9 Å². The number of benzene rings is 1. The molecule has 28 heavy (non-hydrogen) atoms. The van der Waals surface area contributed by atoms with Gasteiger partial charge in [0.1, 0.15) is 0 Å². The third kappa shape index (κ3) is 5.64. The Morgan fingerprint density at radius 3 is 2.68 bits per heavy atom. The van der Waals surface area contributed by atoms with Gasteiger partial charge in [0.2, 0.25) is 5.91 Å². The van der Waals surface area contributed by atoms with Gasteiger partial charge in [-0.15, -0.1) is 10.2 Å². The first kappa shape index (κ1) is 20.0. The van der Waals surface area contributed by atoms with E-state index >= 15 is 0 Å². The van der Waals surface area contributed by atoms with E-state index in [4.69, 9.17) is 4.74 Å². The van der Waals surface area contributed by atoms with Gasteiger partial charge < -0.3 is 14.6 Å². The molecular weight excluding hydrogens is 374 g/mol. The molecule has 0 spiro atoms. The van der Waals surface area contributed by atoms with E-state index in [0.717, 1.165) is 23.5 Å². The number of anilines is 1. The lowest BCUT2D eigenvalue weighted by atomic mass is 10.2. The van der Waals surface area contributed by atoms with Gasteiger partial charge in [0, 0.05) is 43.4 Å². The van der Waals surface area contributed by atoms with Crippen molar-refractivity contribution >= 4 is 23.4 Å². The first-order valence-corrected chi connectivity index (χ1v) is 10.2. The number of nitrogens with zero attached hydrogens (tertiary/aromatic N) is 4. The zero-order chi connectivity index (χ0) is 19.6. The Morgan fingerprint density at radius 2 is 1.93 bits per heavy atom. The van der Waals surface area contributed by atoms with Crippen LogP contribution in [0, 0.1) is 0 Å². The maximum Gasteiger partial charge on any atom is 0.234 e. The number of rotatable bonds is 10. The van der Waals surface area contributed by atoms with Crippen molar-refractivity contribution in [1.82, 2.24) is 19.7 Å². The monoisotopic (exact) mass is 397 g/mol. The van der Waals surface area contributed by atoms with Crippen LogP contribution in [0.5, 0.6) is 0 Å². The molecule has 3 rings (SSSR count). The number of ether oxygens (including phenoxy) is 1. The lowest BCUT2D eigenvalue weighted by Crippen LogP contribution is -2.14. The summed E-state index contributed by atoms with van der Waals surface area (Å²) in [5.74, 6) is 0.949. The number of amides is 1. The molecule has 0 bridgehead atoms. The van der Waals surface area contributed by atoms with Gasteiger partial charge >= 0.3 is 0 Å². The lowest BCUT2D eigenvalue weighted by molar-refractivity contribution is -0.113. The number of pyridine rings is 1. The highest BCUT2D eigenvalue weighted by atomic mass is 32.2. The van der Waals surface area contributed by atoms with Gasteiger partial charge in [0.25, 0.3) is 0 Å². The van der Waals surface area contributed by atoms with Crippen molar-refractivity contribution in [3.05, 3.63) is 54.9 Å². The molecule has 2 aromatic heterocycles. The van der Waals surface area contributed by atoms with E-state index in [9.17, 15) is 4.79 Å². The molecule has 0 atom stereocenters. The number of hydrogen-bond donors (Lipinski definition) is 1. The second kappa shape index (κ2) is 10.6. The standard InChI is InChI=1S/C20H23N5O2S/c1-2-27-14-6-13-25-19(16-9-11-21-12-10-16)23-24-20(25)28-15-18(26)22-17-7-4-3-5-8-17/h3-5,7-12H,2,6,13-15H2,1H3,(H,22,26). The van der Waals surface area contributed by atoms with Crippen molar-refractivity contribution in [2.75, 3.05) is 24.3 Å². The smallest absolute Gasteiger partial charge is 0.234 e. The van der Waals surface area contributed by atoms with Crippen LogP contribution in [0.3, 0.4) is 0 Å². The molecule has 8 heteroatoms. The van der Waals surface area contributed by atoms with Crippen molar-refractivity contribution < 1.29 is 9.53 Å². The van der Waals surface area contributed by atoms with Gasteiger partial charge in [-0.2, -0.15) is 0 Å². The molecule has 1 N–H and O–H groups in total. The second-order valence-electron chi connectivity index (χ2n) is 5.95. The third-order valence-electron chi connectivity index (χ3n) is 3.92. The Labute approximate surface area is 168 Å². The van der Waals surface area contributed by atoms with Gasteiger partial charge in [0.15, 0.2) is 11.0 Å². The van der Waals surface area contributed by atoms with E-state index in [-0.39, 0.29) is 11.7 Å². The molecular formula is C20H23N5O2S. The molecule has 0 radical (unpaired) electrons. The Balaban J connectivity index is 1.68. The molecule has 146 valence electrons. The summed E-state index contributed by atoms with van der Waals surface area (Å²) < 4.78 is 7.48. The summed E-state index contributed by atoms with van der Waals surface area (Å²) in [5, 5.41) is 12.2. The van der Waals surface area contributed by atoms with Crippen LogP contribution >= 0.6 is 11.8 Å². The molecule has 0 aliphatic heterocycles. The maximum absolute atomic E-state index is 12.3. The van der Waals surface area contributed by atoms with Crippen LogP contribution in [0.1, 0.15) is 13.3 Å². The minimum atomic E-state index is -0.0782. The fourth-order valence-electron chi connectivity index (χ4n) is 2.63. The van der Waals surface area contributed by atoms with Crippen molar-refractivity contribution in [2.24, 2.45) is 0 Å². The highest BCUT2D eigenvalue weighted by molar-refractivity contribution is 7.99. The SMILES string of the molecule is CCOCCCn1c(SCC(=O)Nc2ccccc2)nnc1-c1ccncc1. The minimum absolute atomic E-state index is 0.0782. The van der Waals surface area contributed by atoms with Crippen molar-refractivity contribution in [2.45, 2.75) is 25.0 Å². The maximum atomic E-state index is 12.3. The van der Waals surface area contributed by atoms with Crippen LogP contribution in [-0.2, 0) is 16.1 Å². The predicted molar refractivity (Wildman–Crippen MR) is 110 cm³/mol. The predicted octanol–water partition coefficient (Wildman–Crippen LogP) is 3.50. The molecule has 1 aromatic carbocycles. The van der Waals surface area contributed by atoms with E-state index in [1.54, 1.807) is 12.4 Å². The first-order chi connectivity index (χ1) is 13.8. The number of nitrogens with one attached hydrogen (secondary N) is 1. The molecule has 0 aliphatic rings. The molecule has 0 aliphatic carbocycles. The number of hydrogen-bond acceptors (Lipinski definition) is 6. The molecule has 0 saturated heterocycles. The van der Waals surface area contributed by atoms with Crippen molar-refractivity contribution in [3.8, 4) is 11.4 Å². The van der Waals surface area contributed by atoms with Crippen LogP contribution in [0.2, 0.25) is 0 Å². The number of aromatic nitrogens is 4. The van der Waals surface area contributed by atoms with E-state index in [1.165, 1.54) is 11.8 Å². The molecule has 0 saturated carbocycles. The summed E-state index contributed by atoms with van der Waals surface area (Å²) in [7, 11) is 0. The molecule has 0 unspecified atom stereocenters. The number of para-hydroxylation sites is 1. The highest BCUT2D eigenvalue weighted by Crippen LogP contribution is 2.24. The Bertz CT molecular complexity index is 871. The van der Waals surface area contributed by atoms with Gasteiger partial charge in [-0.1, -0.05) is 30.0 Å². The third-order valence-corrected chi connectivity index (χ3v) is 4.89. The normalized spacial score (nSPS) is 10.8. The fraction of sp³-hybridized carbons (Fsp3) is 0.300. The van der Waals surface area contributed by atoms with E-state index in [1.807, 2.05) is 54.0 Å². The fourth-order valence-corrected chi connectivity index (χ4v) is 3.39. The average Bonchev–Trinajstić information content (AvgIpc) is 3.14. The van der Waals surface area contributed by atoms with Crippen LogP contribution in [0.15, 0.2) is 60.0 Å². The van der Waals surface area contributed by atoms with Gasteiger partial charge in [-0.25, -0.2) is 0 Å². The summed E-state index contributed by atoms with van der Waals surface area (Å²) in [6.07, 6.45) is 4.30. The van der Waals surface area contributed by atoms with Gasteiger partial charge in [0.05, 0.1) is 5.75 Å². The van der Waals surface area contributed by atoms with Crippen LogP contribution in [-0.4, -0.2) is 44.6 Å². The minimum Gasteiger partial charge on any atom is -0.382 e. The number of carbonyl (C=O) groups excluding carboxylic acids is 1. The summed E-state index contributed by atoms with van der Waals surface area (Å²) in [5.41, 5.74) is 1.73. The van der Waals surface area contributed by atoms with E-state index in [2.05, 4.69) is 20.5 Å². The number of carbonyl (C=O) groups is 1. The van der Waals surface area contributed by atoms with Crippen LogP contribution < -0.4 is 5.32 Å². The van der Waals surface area contributed by atoms with Crippen LogP contribution in [0.25, 0.3) is 11.4 Å². The second-order valence-corrected chi connectivity index (χ2v) is 6.89. The highest BCUT2D eigenvalue weighted by Gasteiger charge is 2.15. The van der Waals surface area contributed by atoms with Crippen molar-refractivity contribution in [1.29, 1.82) is 0 Å². The van der Waals surface area contributed by atoms with E-state index in [0.29, 0.717) is 24.9 Å². The summed E-state index contributed by atoms with van der Waals surface area (Å²) in [4.78, 5) is 16.3. The van der Waals surface area contributed by atoms with Gasteiger partial charge in [-0.3, -0.25) is 9.78 Å². The quantitative estimate of drug-likeness (QED) is 0.416. The van der Waals surface area contributed by atoms with Gasteiger partial charge in [-0.05, 0) is 37.6 Å². The Hall–Kier alpha value is -2.71. The molecule has 0 fully saturated rings. The molecule has 1 amide bonds. The Morgan fingerprint density at radius 1 is 1.14 bits per heavy atom. The zero-order valence-corrected chi connectivity index (χ0v) is 16.6. The molecule has 3 aromatic rings.